The molecule has 8 heteroatoms. The molecule has 122 valence electrons. The molecule has 0 spiro atoms. The number of carbonyl (C=O) groups is 1. The number of anilines is 1. The molecule has 1 N–H and O–H groups in total. The molecule has 0 aliphatic heterocycles. The molecular weight excluding hydrogens is 314 g/mol. The molecule has 0 saturated heterocycles. The summed E-state index contributed by atoms with van der Waals surface area (Å²) in [6, 6.07) is 10.2. The van der Waals surface area contributed by atoms with E-state index >= 15 is 0 Å². The molecule has 0 radical (unpaired) electrons. The van der Waals surface area contributed by atoms with Gasteiger partial charge in [-0.3, -0.25) is 25.0 Å². The van der Waals surface area contributed by atoms with Crippen LogP contribution in [0.1, 0.15) is 18.1 Å². The third-order valence-corrected chi connectivity index (χ3v) is 3.11. The number of hydrogen-bond donors (Lipinski definition) is 1. The fraction of sp³-hybridized carbons (Fsp3) is 0.0625. The van der Waals surface area contributed by atoms with Gasteiger partial charge in [0.15, 0.2) is 0 Å². The molecule has 24 heavy (non-hydrogen) atoms. The van der Waals surface area contributed by atoms with E-state index in [9.17, 15) is 25.0 Å². The summed E-state index contributed by atoms with van der Waals surface area (Å²) in [5.41, 5.74) is 1.17. The van der Waals surface area contributed by atoms with Gasteiger partial charge in [0, 0.05) is 30.8 Å². The third kappa shape index (κ3) is 4.23. The Balaban J connectivity index is 2.29. The van der Waals surface area contributed by atoms with Gasteiger partial charge < -0.3 is 5.32 Å². The van der Waals surface area contributed by atoms with Gasteiger partial charge in [0.05, 0.1) is 15.4 Å². The van der Waals surface area contributed by atoms with Crippen LogP contribution in [0.25, 0.3) is 12.2 Å². The van der Waals surface area contributed by atoms with Gasteiger partial charge >= 0.3 is 0 Å². The van der Waals surface area contributed by atoms with E-state index < -0.39 is 9.85 Å². The first-order valence-corrected chi connectivity index (χ1v) is 6.85. The Morgan fingerprint density at radius 3 is 2.21 bits per heavy atom. The average Bonchev–Trinajstić information content (AvgIpc) is 2.53. The van der Waals surface area contributed by atoms with Crippen LogP contribution in [-0.4, -0.2) is 15.8 Å². The summed E-state index contributed by atoms with van der Waals surface area (Å²) in [6.45, 7) is 1.31. The van der Waals surface area contributed by atoms with Crippen LogP contribution in [0.3, 0.4) is 0 Å². The van der Waals surface area contributed by atoms with Crippen molar-refractivity contribution in [2.24, 2.45) is 0 Å². The number of non-ortho nitro benzene ring substituents is 1. The lowest BCUT2D eigenvalue weighted by molar-refractivity contribution is -0.385. The number of nitro groups is 2. The van der Waals surface area contributed by atoms with Gasteiger partial charge in [0.25, 0.3) is 11.4 Å². The first-order valence-electron chi connectivity index (χ1n) is 6.85. The van der Waals surface area contributed by atoms with Gasteiger partial charge in [-0.25, -0.2) is 0 Å². The molecule has 0 aliphatic carbocycles. The molecule has 0 fully saturated rings. The van der Waals surface area contributed by atoms with E-state index in [2.05, 4.69) is 5.32 Å². The van der Waals surface area contributed by atoms with Crippen molar-refractivity contribution in [2.45, 2.75) is 6.92 Å². The monoisotopic (exact) mass is 327 g/mol. The Kier molecular flexibility index (Phi) is 5.00. The van der Waals surface area contributed by atoms with E-state index in [1.807, 2.05) is 0 Å². The van der Waals surface area contributed by atoms with Crippen LogP contribution in [0.2, 0.25) is 0 Å². The number of benzene rings is 2. The zero-order valence-corrected chi connectivity index (χ0v) is 12.6. The van der Waals surface area contributed by atoms with Crippen LogP contribution < -0.4 is 5.32 Å². The second-order valence-corrected chi connectivity index (χ2v) is 4.89. The zero-order chi connectivity index (χ0) is 17.7. The fourth-order valence-corrected chi connectivity index (χ4v) is 2.02. The van der Waals surface area contributed by atoms with Gasteiger partial charge in [-0.15, -0.1) is 0 Å². The van der Waals surface area contributed by atoms with Gasteiger partial charge in [-0.2, -0.15) is 0 Å². The van der Waals surface area contributed by atoms with Gasteiger partial charge in [0.1, 0.15) is 0 Å². The maximum atomic E-state index is 11.2. The standard InChI is InChI=1S/C16H13N3O5/c1-11(20)17-14-7-6-13(16(10-14)19(23)24)5-2-12-3-8-15(9-4-12)18(21)22/h2-10H,1H3,(H,17,20). The molecule has 2 aromatic carbocycles. The van der Waals surface area contributed by atoms with Crippen LogP contribution >= 0.6 is 0 Å². The highest BCUT2D eigenvalue weighted by atomic mass is 16.6. The highest BCUT2D eigenvalue weighted by Crippen LogP contribution is 2.25. The number of carbonyl (C=O) groups excluding carboxylic acids is 1. The van der Waals surface area contributed by atoms with Crippen LogP contribution in [0, 0.1) is 20.2 Å². The van der Waals surface area contributed by atoms with Crippen LogP contribution in [-0.2, 0) is 4.79 Å². The maximum absolute atomic E-state index is 11.2. The Hall–Kier alpha value is -3.55. The fourth-order valence-electron chi connectivity index (χ4n) is 2.02. The van der Waals surface area contributed by atoms with Crippen LogP contribution in [0.5, 0.6) is 0 Å². The van der Waals surface area contributed by atoms with Gasteiger partial charge in [-0.1, -0.05) is 6.08 Å². The molecule has 0 saturated carbocycles. The minimum Gasteiger partial charge on any atom is -0.326 e. The summed E-state index contributed by atoms with van der Waals surface area (Å²) in [5, 5.41) is 24.3. The molecular formula is C16H13N3O5. The van der Waals surface area contributed by atoms with Crippen molar-refractivity contribution < 1.29 is 14.6 Å². The van der Waals surface area contributed by atoms with Gasteiger partial charge in [-0.05, 0) is 35.9 Å². The Labute approximate surface area is 136 Å². The molecule has 0 bridgehead atoms. The molecule has 0 unspecified atom stereocenters. The van der Waals surface area contributed by atoms with Crippen molar-refractivity contribution in [1.82, 2.24) is 0 Å². The molecule has 0 heterocycles. The second-order valence-electron chi connectivity index (χ2n) is 4.89. The van der Waals surface area contributed by atoms with E-state index in [-0.39, 0.29) is 17.3 Å². The van der Waals surface area contributed by atoms with Crippen molar-refractivity contribution in [3.8, 4) is 0 Å². The van der Waals surface area contributed by atoms with E-state index in [4.69, 9.17) is 0 Å². The first kappa shape index (κ1) is 16.8. The first-order chi connectivity index (χ1) is 11.4. The zero-order valence-electron chi connectivity index (χ0n) is 12.6. The van der Waals surface area contributed by atoms with E-state index in [0.717, 1.165) is 0 Å². The predicted molar refractivity (Wildman–Crippen MR) is 89.4 cm³/mol. The normalized spacial score (nSPS) is 10.5. The SMILES string of the molecule is CC(=O)Nc1ccc(C=Cc2ccc([N+](=O)[O-])cc2)c([N+](=O)[O-])c1. The number of rotatable bonds is 5. The van der Waals surface area contributed by atoms with E-state index in [1.54, 1.807) is 24.3 Å². The van der Waals surface area contributed by atoms with Crippen molar-refractivity contribution in [3.05, 3.63) is 73.8 Å². The van der Waals surface area contributed by atoms with Crippen molar-refractivity contribution in [3.63, 3.8) is 0 Å². The predicted octanol–water partition coefficient (Wildman–Crippen LogP) is 3.63. The third-order valence-electron chi connectivity index (χ3n) is 3.11. The summed E-state index contributed by atoms with van der Waals surface area (Å²) >= 11 is 0. The summed E-state index contributed by atoms with van der Waals surface area (Å²) in [5.74, 6) is -0.321. The minimum atomic E-state index is -0.541. The largest absolute Gasteiger partial charge is 0.326 e. The topological polar surface area (TPSA) is 115 Å². The molecule has 1 amide bonds. The van der Waals surface area contributed by atoms with Gasteiger partial charge in [0.2, 0.25) is 5.91 Å². The quantitative estimate of drug-likeness (QED) is 0.511. The molecule has 0 atom stereocenters. The van der Waals surface area contributed by atoms with Crippen molar-refractivity contribution in [1.29, 1.82) is 0 Å². The second kappa shape index (κ2) is 7.14. The summed E-state index contributed by atoms with van der Waals surface area (Å²) < 4.78 is 0. The molecule has 8 nitrogen and oxygen atoms in total. The molecule has 2 rings (SSSR count). The Morgan fingerprint density at radius 1 is 1.00 bits per heavy atom. The lowest BCUT2D eigenvalue weighted by atomic mass is 10.1. The Morgan fingerprint density at radius 2 is 1.67 bits per heavy atom. The number of nitro benzene ring substituents is 2. The highest BCUT2D eigenvalue weighted by molar-refractivity contribution is 5.89. The summed E-state index contributed by atoms with van der Waals surface area (Å²) in [4.78, 5) is 31.8. The lowest BCUT2D eigenvalue weighted by Gasteiger charge is -2.04. The van der Waals surface area contributed by atoms with Crippen molar-refractivity contribution >= 4 is 35.1 Å². The minimum absolute atomic E-state index is 0.0298. The lowest BCUT2D eigenvalue weighted by Crippen LogP contribution is -2.06. The molecule has 2 aromatic rings. The molecule has 0 aromatic heterocycles. The van der Waals surface area contributed by atoms with Crippen LogP contribution in [0.4, 0.5) is 17.1 Å². The van der Waals surface area contributed by atoms with Crippen LogP contribution in [0.15, 0.2) is 42.5 Å². The average molecular weight is 327 g/mol. The van der Waals surface area contributed by atoms with Crippen molar-refractivity contribution in [2.75, 3.05) is 5.32 Å². The number of amides is 1. The number of nitrogens with zero attached hydrogens (tertiary/aromatic N) is 2. The Bertz CT molecular complexity index is 828. The highest BCUT2D eigenvalue weighted by Gasteiger charge is 2.13. The smallest absolute Gasteiger partial charge is 0.278 e. The van der Waals surface area contributed by atoms with E-state index in [0.29, 0.717) is 16.8 Å². The summed E-state index contributed by atoms with van der Waals surface area (Å²) in [6.07, 6.45) is 3.15. The maximum Gasteiger partial charge on any atom is 0.278 e. The van der Waals surface area contributed by atoms with E-state index in [1.165, 1.54) is 37.3 Å². The molecule has 0 aliphatic rings. The number of nitrogens with one attached hydrogen (secondary N) is 1. The number of hydrogen-bond acceptors (Lipinski definition) is 5. The summed E-state index contributed by atoms with van der Waals surface area (Å²) in [7, 11) is 0.